The van der Waals surface area contributed by atoms with Crippen molar-refractivity contribution < 1.29 is 0 Å². The van der Waals surface area contributed by atoms with Gasteiger partial charge in [0, 0.05) is 12.0 Å². The molecule has 0 bridgehead atoms. The second kappa shape index (κ2) is 6.38. The van der Waals surface area contributed by atoms with Gasteiger partial charge in [-0.15, -0.1) is 0 Å². The van der Waals surface area contributed by atoms with Crippen LogP contribution in [0.4, 0.5) is 0 Å². The smallest absolute Gasteiger partial charge is 0.0303 e. The predicted molar refractivity (Wildman–Crippen MR) is 71.7 cm³/mol. The molecule has 0 aliphatic heterocycles. The highest BCUT2D eigenvalue weighted by Crippen LogP contribution is 2.15. The molecule has 0 aliphatic rings. The summed E-state index contributed by atoms with van der Waals surface area (Å²) in [4.78, 5) is 0. The Hall–Kier alpha value is -1.22. The van der Waals surface area contributed by atoms with Crippen LogP contribution in [0.25, 0.3) is 0 Å². The quantitative estimate of drug-likeness (QED) is 0.512. The number of rotatable bonds is 3. The molecule has 0 amide bonds. The Balaban J connectivity index is 2.73. The van der Waals surface area contributed by atoms with Gasteiger partial charge in [-0.3, -0.25) is 0 Å². The molecule has 0 saturated carbocycles. The number of unbranched alkanes of at least 4 members (excludes halogenated alkanes) is 3. The Morgan fingerprint density at radius 2 is 1.62 bits per heavy atom. The summed E-state index contributed by atoms with van der Waals surface area (Å²) >= 11 is 0. The Labute approximate surface area is 100 Å². The maximum absolute atomic E-state index is 3.32. The molecule has 0 heterocycles. The third-order valence-electron chi connectivity index (χ3n) is 2.80. The average molecular weight is 214 g/mol. The first-order valence-electron chi connectivity index (χ1n) is 6.22. The summed E-state index contributed by atoms with van der Waals surface area (Å²) in [7, 11) is 0. The van der Waals surface area contributed by atoms with Crippen molar-refractivity contribution >= 4 is 0 Å². The zero-order valence-corrected chi connectivity index (χ0v) is 11.0. The third kappa shape index (κ3) is 3.74. The first kappa shape index (κ1) is 12.8. The van der Waals surface area contributed by atoms with E-state index in [1.807, 2.05) is 0 Å². The van der Waals surface area contributed by atoms with Crippen LogP contribution >= 0.6 is 0 Å². The van der Waals surface area contributed by atoms with Gasteiger partial charge >= 0.3 is 0 Å². The Bertz CT molecular complexity index is 379. The molecule has 0 nitrogen and oxygen atoms in total. The molecule has 0 aromatic heterocycles. The standard InChI is InChI=1S/C16H22/c1-5-6-7-8-9-10-16-14(3)11-13(2)12-15(16)4/h11-12H,5-8H2,1-4H3. The van der Waals surface area contributed by atoms with Crippen LogP contribution in [0.15, 0.2) is 12.1 Å². The van der Waals surface area contributed by atoms with E-state index in [-0.39, 0.29) is 0 Å². The summed E-state index contributed by atoms with van der Waals surface area (Å²) in [5, 5.41) is 0. The number of hydrogen-bond donors (Lipinski definition) is 0. The number of aryl methyl sites for hydroxylation is 3. The summed E-state index contributed by atoms with van der Waals surface area (Å²) in [6.07, 6.45) is 4.82. The van der Waals surface area contributed by atoms with Crippen LogP contribution in [0.3, 0.4) is 0 Å². The molecule has 0 atom stereocenters. The van der Waals surface area contributed by atoms with E-state index in [4.69, 9.17) is 0 Å². The van der Waals surface area contributed by atoms with Gasteiger partial charge in [0.15, 0.2) is 0 Å². The zero-order chi connectivity index (χ0) is 12.0. The largest absolute Gasteiger partial charge is 0.0979 e. The SMILES string of the molecule is CCCCCC#Cc1c(C)cc(C)cc1C. The molecular weight excluding hydrogens is 192 g/mol. The lowest BCUT2D eigenvalue weighted by Crippen LogP contribution is -1.89. The molecule has 1 aromatic carbocycles. The average Bonchev–Trinajstić information content (AvgIpc) is 2.20. The van der Waals surface area contributed by atoms with Crippen molar-refractivity contribution in [3.63, 3.8) is 0 Å². The Morgan fingerprint density at radius 1 is 1.00 bits per heavy atom. The lowest BCUT2D eigenvalue weighted by atomic mass is 10.00. The van der Waals surface area contributed by atoms with Crippen LogP contribution in [0.1, 0.15) is 54.9 Å². The highest BCUT2D eigenvalue weighted by Gasteiger charge is 1.99. The highest BCUT2D eigenvalue weighted by atomic mass is 14.0. The van der Waals surface area contributed by atoms with Gasteiger partial charge < -0.3 is 0 Å². The summed E-state index contributed by atoms with van der Waals surface area (Å²) in [5.41, 5.74) is 5.16. The van der Waals surface area contributed by atoms with Crippen LogP contribution in [0, 0.1) is 32.6 Å². The van der Waals surface area contributed by atoms with E-state index in [1.165, 1.54) is 41.5 Å². The van der Waals surface area contributed by atoms with E-state index in [1.54, 1.807) is 0 Å². The molecule has 0 unspecified atom stereocenters. The van der Waals surface area contributed by atoms with Crippen LogP contribution in [0.5, 0.6) is 0 Å². The van der Waals surface area contributed by atoms with Crippen molar-refractivity contribution in [3.8, 4) is 11.8 Å². The molecular formula is C16H22. The fourth-order valence-corrected chi connectivity index (χ4v) is 1.99. The summed E-state index contributed by atoms with van der Waals surface area (Å²) < 4.78 is 0. The van der Waals surface area contributed by atoms with Crippen molar-refractivity contribution in [2.75, 3.05) is 0 Å². The molecule has 0 saturated heterocycles. The Morgan fingerprint density at radius 3 is 2.19 bits per heavy atom. The Kier molecular flexibility index (Phi) is 5.12. The molecule has 1 aromatic rings. The van der Waals surface area contributed by atoms with E-state index < -0.39 is 0 Å². The number of hydrogen-bond acceptors (Lipinski definition) is 0. The zero-order valence-electron chi connectivity index (χ0n) is 11.0. The first-order chi connectivity index (χ1) is 7.65. The molecule has 86 valence electrons. The van der Waals surface area contributed by atoms with Gasteiger partial charge in [0.2, 0.25) is 0 Å². The summed E-state index contributed by atoms with van der Waals surface area (Å²) in [6.45, 7) is 8.66. The van der Waals surface area contributed by atoms with Gasteiger partial charge in [0.1, 0.15) is 0 Å². The second-order valence-electron chi connectivity index (χ2n) is 4.53. The highest BCUT2D eigenvalue weighted by molar-refractivity contribution is 5.48. The van der Waals surface area contributed by atoms with Gasteiger partial charge in [0.25, 0.3) is 0 Å². The fourth-order valence-electron chi connectivity index (χ4n) is 1.99. The third-order valence-corrected chi connectivity index (χ3v) is 2.80. The second-order valence-corrected chi connectivity index (χ2v) is 4.53. The van der Waals surface area contributed by atoms with Crippen LogP contribution in [-0.4, -0.2) is 0 Å². The molecule has 0 fully saturated rings. The number of benzene rings is 1. The van der Waals surface area contributed by atoms with E-state index in [2.05, 4.69) is 51.7 Å². The van der Waals surface area contributed by atoms with Crippen LogP contribution in [0.2, 0.25) is 0 Å². The summed E-state index contributed by atoms with van der Waals surface area (Å²) in [5.74, 6) is 6.60. The van der Waals surface area contributed by atoms with Gasteiger partial charge in [-0.25, -0.2) is 0 Å². The summed E-state index contributed by atoms with van der Waals surface area (Å²) in [6, 6.07) is 4.42. The minimum atomic E-state index is 1.03. The van der Waals surface area contributed by atoms with E-state index in [0.29, 0.717) is 0 Å². The van der Waals surface area contributed by atoms with Gasteiger partial charge in [-0.05, 0) is 38.3 Å². The first-order valence-corrected chi connectivity index (χ1v) is 6.22. The molecule has 0 spiro atoms. The van der Waals surface area contributed by atoms with Crippen molar-refractivity contribution in [2.45, 2.75) is 53.4 Å². The lowest BCUT2D eigenvalue weighted by Gasteiger charge is -2.04. The van der Waals surface area contributed by atoms with Crippen LogP contribution in [-0.2, 0) is 0 Å². The van der Waals surface area contributed by atoms with Gasteiger partial charge in [-0.1, -0.05) is 49.3 Å². The van der Waals surface area contributed by atoms with Crippen molar-refractivity contribution in [1.29, 1.82) is 0 Å². The molecule has 0 N–H and O–H groups in total. The van der Waals surface area contributed by atoms with E-state index in [0.717, 1.165) is 6.42 Å². The van der Waals surface area contributed by atoms with Crippen molar-refractivity contribution in [3.05, 3.63) is 34.4 Å². The monoisotopic (exact) mass is 214 g/mol. The van der Waals surface area contributed by atoms with E-state index in [9.17, 15) is 0 Å². The van der Waals surface area contributed by atoms with E-state index >= 15 is 0 Å². The van der Waals surface area contributed by atoms with Crippen molar-refractivity contribution in [2.24, 2.45) is 0 Å². The van der Waals surface area contributed by atoms with Gasteiger partial charge in [-0.2, -0.15) is 0 Å². The molecule has 0 heteroatoms. The molecule has 16 heavy (non-hydrogen) atoms. The minimum absolute atomic E-state index is 1.03. The molecule has 0 radical (unpaired) electrons. The maximum Gasteiger partial charge on any atom is 0.0303 e. The lowest BCUT2D eigenvalue weighted by molar-refractivity contribution is 0.737. The predicted octanol–water partition coefficient (Wildman–Crippen LogP) is 4.54. The fraction of sp³-hybridized carbons (Fsp3) is 0.500. The normalized spacial score (nSPS) is 9.75. The molecule has 1 rings (SSSR count). The topological polar surface area (TPSA) is 0 Å². The molecule has 0 aliphatic carbocycles. The van der Waals surface area contributed by atoms with Gasteiger partial charge in [0.05, 0.1) is 0 Å². The minimum Gasteiger partial charge on any atom is -0.0979 e. The van der Waals surface area contributed by atoms with Crippen molar-refractivity contribution in [1.82, 2.24) is 0 Å². The maximum atomic E-state index is 3.32. The van der Waals surface area contributed by atoms with Crippen LogP contribution < -0.4 is 0 Å².